The van der Waals surface area contributed by atoms with Gasteiger partial charge >= 0.3 is 0 Å². The van der Waals surface area contributed by atoms with E-state index in [-0.39, 0.29) is 0 Å². The zero-order chi connectivity index (χ0) is 16.6. The second-order valence-corrected chi connectivity index (χ2v) is 8.79. The van der Waals surface area contributed by atoms with Crippen LogP contribution in [-0.2, 0) is 0 Å². The molecule has 1 aromatic carbocycles. The van der Waals surface area contributed by atoms with Gasteiger partial charge in [0.15, 0.2) is 0 Å². The second kappa shape index (κ2) is 6.99. The van der Waals surface area contributed by atoms with E-state index in [9.17, 15) is 0 Å². The van der Waals surface area contributed by atoms with Gasteiger partial charge in [-0.15, -0.1) is 0 Å². The van der Waals surface area contributed by atoms with Crippen LogP contribution in [0.3, 0.4) is 0 Å². The smallest absolute Gasteiger partial charge is 0.0159 e. The van der Waals surface area contributed by atoms with E-state index in [1.54, 1.807) is 11.1 Å². The Morgan fingerprint density at radius 3 is 1.74 bits per heavy atom. The molecule has 2 aliphatic rings. The van der Waals surface area contributed by atoms with Crippen LogP contribution in [0, 0.1) is 45.4 Å². The van der Waals surface area contributed by atoms with Gasteiger partial charge in [0.05, 0.1) is 0 Å². The quantitative estimate of drug-likeness (QED) is 0.550. The van der Waals surface area contributed by atoms with Crippen LogP contribution >= 0.6 is 0 Å². The first-order valence-electron chi connectivity index (χ1n) is 10.0. The minimum atomic E-state index is 0.826. The van der Waals surface area contributed by atoms with E-state index in [0.29, 0.717) is 0 Å². The third-order valence-corrected chi connectivity index (χ3v) is 7.46. The Balaban J connectivity index is 1.65. The van der Waals surface area contributed by atoms with E-state index in [0.717, 1.165) is 23.7 Å². The SMILES string of the molecule is Cc1cc(C2CCC(C3CCC(C)CC3)CC2)c(C)c(C)c1C. The molecule has 1 aromatic rings. The molecule has 0 amide bonds. The monoisotopic (exact) mass is 312 g/mol. The fourth-order valence-electron chi connectivity index (χ4n) is 5.33. The van der Waals surface area contributed by atoms with Crippen LogP contribution in [-0.4, -0.2) is 0 Å². The molecule has 2 saturated carbocycles. The molecule has 0 unspecified atom stereocenters. The van der Waals surface area contributed by atoms with Crippen LogP contribution in [0.25, 0.3) is 0 Å². The highest BCUT2D eigenvalue weighted by Gasteiger charge is 2.31. The summed E-state index contributed by atoms with van der Waals surface area (Å²) in [6.07, 6.45) is 11.8. The minimum absolute atomic E-state index is 0.826. The Kier molecular flexibility index (Phi) is 5.19. The van der Waals surface area contributed by atoms with Crippen LogP contribution in [0.15, 0.2) is 6.07 Å². The maximum Gasteiger partial charge on any atom is -0.0159 e. The summed E-state index contributed by atoms with van der Waals surface area (Å²) in [5, 5.41) is 0. The van der Waals surface area contributed by atoms with Gasteiger partial charge in [-0.3, -0.25) is 0 Å². The van der Waals surface area contributed by atoms with Gasteiger partial charge in [-0.05, 0) is 118 Å². The van der Waals surface area contributed by atoms with Crippen LogP contribution < -0.4 is 0 Å². The molecule has 0 aliphatic heterocycles. The standard InChI is InChI=1S/C23H36/c1-15-6-8-20(9-7-15)21-10-12-22(13-11-21)23-14-16(2)17(3)18(4)19(23)5/h14-15,20-22H,6-13H2,1-5H3. The predicted octanol–water partition coefficient (Wildman–Crippen LogP) is 7.02. The van der Waals surface area contributed by atoms with Gasteiger partial charge in [-0.2, -0.15) is 0 Å². The zero-order valence-corrected chi connectivity index (χ0v) is 16.0. The third-order valence-electron chi connectivity index (χ3n) is 7.46. The van der Waals surface area contributed by atoms with Gasteiger partial charge in [0, 0.05) is 0 Å². The minimum Gasteiger partial charge on any atom is -0.0625 e. The summed E-state index contributed by atoms with van der Waals surface area (Å²) in [6, 6.07) is 2.50. The summed E-state index contributed by atoms with van der Waals surface area (Å²) in [5.41, 5.74) is 7.76. The number of hydrogen-bond donors (Lipinski definition) is 0. The highest BCUT2D eigenvalue weighted by atomic mass is 14.4. The largest absolute Gasteiger partial charge is 0.0625 e. The molecule has 0 N–H and O–H groups in total. The average Bonchev–Trinajstić information content (AvgIpc) is 2.57. The Bertz CT molecular complexity index is 538. The van der Waals surface area contributed by atoms with Gasteiger partial charge in [0.1, 0.15) is 0 Å². The number of benzene rings is 1. The molecule has 2 fully saturated rings. The van der Waals surface area contributed by atoms with E-state index in [2.05, 4.69) is 40.7 Å². The van der Waals surface area contributed by atoms with Crippen molar-refractivity contribution in [2.45, 2.75) is 91.9 Å². The zero-order valence-electron chi connectivity index (χ0n) is 16.0. The number of hydrogen-bond acceptors (Lipinski definition) is 0. The van der Waals surface area contributed by atoms with Gasteiger partial charge in [0.2, 0.25) is 0 Å². The fraction of sp³-hybridized carbons (Fsp3) is 0.739. The molecule has 23 heavy (non-hydrogen) atoms. The Morgan fingerprint density at radius 1 is 0.652 bits per heavy atom. The van der Waals surface area contributed by atoms with Gasteiger partial charge in [0.25, 0.3) is 0 Å². The third kappa shape index (κ3) is 3.52. The molecular formula is C23H36. The molecule has 3 rings (SSSR count). The molecule has 0 nitrogen and oxygen atoms in total. The topological polar surface area (TPSA) is 0 Å². The summed E-state index contributed by atoms with van der Waals surface area (Å²) < 4.78 is 0. The Labute approximate surface area is 144 Å². The maximum atomic E-state index is 2.50. The van der Waals surface area contributed by atoms with E-state index >= 15 is 0 Å². The molecule has 0 heteroatoms. The molecule has 0 radical (unpaired) electrons. The van der Waals surface area contributed by atoms with Crippen molar-refractivity contribution in [3.8, 4) is 0 Å². The van der Waals surface area contributed by atoms with Gasteiger partial charge < -0.3 is 0 Å². The van der Waals surface area contributed by atoms with E-state index < -0.39 is 0 Å². The van der Waals surface area contributed by atoms with Crippen molar-refractivity contribution >= 4 is 0 Å². The van der Waals surface area contributed by atoms with Crippen molar-refractivity contribution in [2.24, 2.45) is 17.8 Å². The van der Waals surface area contributed by atoms with E-state index in [1.165, 1.54) is 68.1 Å². The van der Waals surface area contributed by atoms with Crippen LogP contribution in [0.4, 0.5) is 0 Å². The first-order chi connectivity index (χ1) is 11.0. The van der Waals surface area contributed by atoms with Crippen molar-refractivity contribution < 1.29 is 0 Å². The molecule has 0 heterocycles. The molecule has 0 bridgehead atoms. The molecule has 2 aliphatic carbocycles. The lowest BCUT2D eigenvalue weighted by atomic mass is 9.68. The van der Waals surface area contributed by atoms with Crippen molar-refractivity contribution in [3.63, 3.8) is 0 Å². The lowest BCUT2D eigenvalue weighted by Crippen LogP contribution is -2.25. The number of rotatable bonds is 2. The second-order valence-electron chi connectivity index (χ2n) is 8.79. The summed E-state index contributed by atoms with van der Waals surface area (Å²) in [7, 11) is 0. The normalized spacial score (nSPS) is 32.0. The van der Waals surface area contributed by atoms with E-state index in [1.807, 2.05) is 0 Å². The van der Waals surface area contributed by atoms with Gasteiger partial charge in [-0.1, -0.05) is 25.8 Å². The van der Waals surface area contributed by atoms with Crippen LogP contribution in [0.5, 0.6) is 0 Å². The molecule has 0 saturated heterocycles. The van der Waals surface area contributed by atoms with Crippen molar-refractivity contribution in [1.82, 2.24) is 0 Å². The molecule has 0 atom stereocenters. The average molecular weight is 313 g/mol. The summed E-state index contributed by atoms with van der Waals surface area (Å²) in [6.45, 7) is 11.7. The highest BCUT2D eigenvalue weighted by Crippen LogP contribution is 2.44. The number of aryl methyl sites for hydroxylation is 1. The first-order valence-corrected chi connectivity index (χ1v) is 10.0. The summed E-state index contributed by atoms with van der Waals surface area (Å²) in [5.74, 6) is 3.90. The van der Waals surface area contributed by atoms with Crippen molar-refractivity contribution in [1.29, 1.82) is 0 Å². The molecular weight excluding hydrogens is 276 g/mol. The lowest BCUT2D eigenvalue weighted by Gasteiger charge is -2.38. The molecule has 0 spiro atoms. The lowest BCUT2D eigenvalue weighted by molar-refractivity contribution is 0.165. The van der Waals surface area contributed by atoms with E-state index in [4.69, 9.17) is 0 Å². The van der Waals surface area contributed by atoms with Crippen LogP contribution in [0.2, 0.25) is 0 Å². The van der Waals surface area contributed by atoms with Gasteiger partial charge in [-0.25, -0.2) is 0 Å². The van der Waals surface area contributed by atoms with Crippen LogP contribution in [0.1, 0.15) is 92.0 Å². The maximum absolute atomic E-state index is 2.50. The van der Waals surface area contributed by atoms with Crippen molar-refractivity contribution in [2.75, 3.05) is 0 Å². The van der Waals surface area contributed by atoms with Crippen molar-refractivity contribution in [3.05, 3.63) is 33.9 Å². The first kappa shape index (κ1) is 17.1. The molecule has 128 valence electrons. The fourth-order valence-corrected chi connectivity index (χ4v) is 5.33. The highest BCUT2D eigenvalue weighted by molar-refractivity contribution is 5.45. The Hall–Kier alpha value is -0.780. The molecule has 0 aromatic heterocycles. The summed E-state index contributed by atoms with van der Waals surface area (Å²) >= 11 is 0. The predicted molar refractivity (Wildman–Crippen MR) is 101 cm³/mol. The summed E-state index contributed by atoms with van der Waals surface area (Å²) in [4.78, 5) is 0. The Morgan fingerprint density at radius 2 is 1.17 bits per heavy atom.